The Morgan fingerprint density at radius 3 is 2.71 bits per heavy atom. The molecule has 3 heterocycles. The van der Waals surface area contributed by atoms with Crippen LogP contribution in [0.5, 0.6) is 0 Å². The summed E-state index contributed by atoms with van der Waals surface area (Å²) in [5.41, 5.74) is 0.0670. The molecule has 1 fully saturated rings. The third-order valence-electron chi connectivity index (χ3n) is 3.95. The zero-order chi connectivity index (χ0) is 17.1. The molecular weight excluding hydrogens is 314 g/mol. The molecular formula is C15H19N5O4. The van der Waals surface area contributed by atoms with E-state index in [4.69, 9.17) is 9.26 Å². The van der Waals surface area contributed by atoms with E-state index in [-0.39, 0.29) is 11.6 Å². The fourth-order valence-corrected chi connectivity index (χ4v) is 2.78. The van der Waals surface area contributed by atoms with Crippen LogP contribution in [0, 0.1) is 19.8 Å². The lowest BCUT2D eigenvalue weighted by molar-refractivity contribution is 0.0467. The molecule has 0 bridgehead atoms. The highest BCUT2D eigenvalue weighted by atomic mass is 16.5. The van der Waals surface area contributed by atoms with Crippen molar-refractivity contribution in [3.05, 3.63) is 39.7 Å². The van der Waals surface area contributed by atoms with Gasteiger partial charge in [-0.1, -0.05) is 5.16 Å². The Balaban J connectivity index is 1.85. The first-order chi connectivity index (χ1) is 11.5. The van der Waals surface area contributed by atoms with Gasteiger partial charge in [0.05, 0.1) is 0 Å². The number of aromatic nitrogens is 4. The smallest absolute Gasteiger partial charge is 0.345 e. The Hall–Kier alpha value is -2.55. The van der Waals surface area contributed by atoms with E-state index >= 15 is 0 Å². The summed E-state index contributed by atoms with van der Waals surface area (Å²) in [6, 6.07) is 1.08. The summed E-state index contributed by atoms with van der Waals surface area (Å²) in [5, 5.41) is 6.68. The maximum Gasteiger partial charge on any atom is 0.345 e. The molecule has 0 unspecified atom stereocenters. The van der Waals surface area contributed by atoms with Crippen LogP contribution in [-0.4, -0.2) is 39.2 Å². The molecule has 2 aromatic rings. The maximum atomic E-state index is 12.5. The van der Waals surface area contributed by atoms with Crippen molar-refractivity contribution in [2.45, 2.75) is 32.7 Å². The number of hydrogen-bond acceptors (Lipinski definition) is 7. The van der Waals surface area contributed by atoms with E-state index in [0.29, 0.717) is 30.6 Å². The van der Waals surface area contributed by atoms with Gasteiger partial charge < -0.3 is 19.6 Å². The van der Waals surface area contributed by atoms with Crippen molar-refractivity contribution in [2.75, 3.05) is 13.2 Å². The first-order valence-electron chi connectivity index (χ1n) is 7.79. The molecule has 0 saturated carbocycles. The van der Waals surface area contributed by atoms with E-state index < -0.39 is 17.6 Å². The second kappa shape index (κ2) is 6.91. The lowest BCUT2D eigenvalue weighted by atomic mass is 9.91. The molecule has 1 aliphatic heterocycles. The van der Waals surface area contributed by atoms with Crippen molar-refractivity contribution < 1.29 is 14.1 Å². The molecule has 0 aliphatic carbocycles. The van der Waals surface area contributed by atoms with Crippen LogP contribution in [0.4, 0.5) is 0 Å². The van der Waals surface area contributed by atoms with Crippen LogP contribution in [0.3, 0.4) is 0 Å². The second-order valence-corrected chi connectivity index (χ2v) is 5.84. The topological polar surface area (TPSA) is 123 Å². The fourth-order valence-electron chi connectivity index (χ4n) is 2.78. The molecule has 2 aromatic heterocycles. The number of aromatic amines is 1. The second-order valence-electron chi connectivity index (χ2n) is 5.84. The van der Waals surface area contributed by atoms with E-state index in [1.54, 1.807) is 13.8 Å². The third kappa shape index (κ3) is 3.67. The van der Waals surface area contributed by atoms with Crippen molar-refractivity contribution in [3.8, 4) is 0 Å². The number of nitrogens with one attached hydrogen (secondary N) is 2. The summed E-state index contributed by atoms with van der Waals surface area (Å²) in [6.45, 7) is 4.65. The molecule has 2 N–H and O–H groups in total. The Morgan fingerprint density at radius 2 is 2.08 bits per heavy atom. The molecule has 1 amide bonds. The molecule has 3 rings (SSSR count). The molecule has 9 heteroatoms. The summed E-state index contributed by atoms with van der Waals surface area (Å²) in [5.74, 6) is 0.526. The molecule has 0 aromatic carbocycles. The van der Waals surface area contributed by atoms with Gasteiger partial charge in [0.25, 0.3) is 5.91 Å². The number of rotatable bonds is 4. The average Bonchev–Trinajstić information content (AvgIpc) is 2.98. The molecule has 0 spiro atoms. The minimum atomic E-state index is -0.559. The Bertz CT molecular complexity index is 778. The minimum Gasteiger partial charge on any atom is -0.381 e. The Labute approximate surface area is 137 Å². The van der Waals surface area contributed by atoms with Gasteiger partial charge in [0.15, 0.2) is 5.82 Å². The van der Waals surface area contributed by atoms with Gasteiger partial charge in [-0.2, -0.15) is 9.97 Å². The zero-order valence-electron chi connectivity index (χ0n) is 13.5. The van der Waals surface area contributed by atoms with Crippen molar-refractivity contribution >= 4 is 5.91 Å². The van der Waals surface area contributed by atoms with Crippen LogP contribution < -0.4 is 11.0 Å². The molecule has 1 saturated heterocycles. The zero-order valence-corrected chi connectivity index (χ0v) is 13.5. The van der Waals surface area contributed by atoms with Crippen LogP contribution in [-0.2, 0) is 4.74 Å². The Morgan fingerprint density at radius 1 is 1.33 bits per heavy atom. The predicted molar refractivity (Wildman–Crippen MR) is 82.4 cm³/mol. The molecule has 128 valence electrons. The Kier molecular flexibility index (Phi) is 4.70. The quantitative estimate of drug-likeness (QED) is 0.842. The standard InChI is InChI=1S/C15H19N5O4/c1-8-7-11(18-15(22)16-8)13(21)19-12(10-3-5-23-6-4-10)14-17-9(2)20-24-14/h7,10,12H,3-6H2,1-2H3,(H,19,21)(H,16,18,22)/t12-/m0/s1. The van der Waals surface area contributed by atoms with Crippen LogP contribution in [0.2, 0.25) is 0 Å². The van der Waals surface area contributed by atoms with Crippen LogP contribution >= 0.6 is 0 Å². The van der Waals surface area contributed by atoms with Crippen molar-refractivity contribution in [3.63, 3.8) is 0 Å². The van der Waals surface area contributed by atoms with Gasteiger partial charge in [0.1, 0.15) is 11.7 Å². The summed E-state index contributed by atoms with van der Waals surface area (Å²) in [7, 11) is 0. The van der Waals surface area contributed by atoms with Gasteiger partial charge in [-0.05, 0) is 38.7 Å². The summed E-state index contributed by atoms with van der Waals surface area (Å²) in [6.07, 6.45) is 1.54. The van der Waals surface area contributed by atoms with E-state index in [1.807, 2.05) is 0 Å². The molecule has 9 nitrogen and oxygen atoms in total. The number of H-pyrrole nitrogens is 1. The van der Waals surface area contributed by atoms with Gasteiger partial charge in [0.2, 0.25) is 5.89 Å². The monoisotopic (exact) mass is 333 g/mol. The minimum absolute atomic E-state index is 0.0598. The van der Waals surface area contributed by atoms with Gasteiger partial charge in [-0.25, -0.2) is 4.79 Å². The average molecular weight is 333 g/mol. The largest absolute Gasteiger partial charge is 0.381 e. The molecule has 0 radical (unpaired) electrons. The van der Waals surface area contributed by atoms with Gasteiger partial charge in [-0.15, -0.1) is 0 Å². The lowest BCUT2D eigenvalue weighted by Crippen LogP contribution is -2.37. The number of carbonyl (C=O) groups is 1. The molecule has 1 atom stereocenters. The van der Waals surface area contributed by atoms with E-state index in [1.165, 1.54) is 6.07 Å². The summed E-state index contributed by atoms with van der Waals surface area (Å²) >= 11 is 0. The van der Waals surface area contributed by atoms with Crippen molar-refractivity contribution in [1.82, 2.24) is 25.4 Å². The number of hydrogen-bond donors (Lipinski definition) is 2. The first-order valence-corrected chi connectivity index (χ1v) is 7.79. The SMILES string of the molecule is Cc1noc([C@@H](NC(=O)c2cc(C)[nH]c(=O)n2)C2CCOCC2)n1. The van der Waals surface area contributed by atoms with Crippen LogP contribution in [0.25, 0.3) is 0 Å². The van der Waals surface area contributed by atoms with Gasteiger partial charge in [-0.3, -0.25) is 4.79 Å². The highest BCUT2D eigenvalue weighted by Crippen LogP contribution is 2.29. The normalized spacial score (nSPS) is 16.8. The lowest BCUT2D eigenvalue weighted by Gasteiger charge is -2.28. The van der Waals surface area contributed by atoms with Crippen molar-refractivity contribution in [2.24, 2.45) is 5.92 Å². The van der Waals surface area contributed by atoms with E-state index in [2.05, 4.69) is 25.4 Å². The van der Waals surface area contributed by atoms with E-state index in [9.17, 15) is 9.59 Å². The predicted octanol–water partition coefficient (Wildman–Crippen LogP) is 0.667. The fraction of sp³-hybridized carbons (Fsp3) is 0.533. The number of ether oxygens (including phenoxy) is 1. The third-order valence-corrected chi connectivity index (χ3v) is 3.95. The summed E-state index contributed by atoms with van der Waals surface area (Å²) in [4.78, 5) is 34.5. The number of amides is 1. The first kappa shape index (κ1) is 16.3. The summed E-state index contributed by atoms with van der Waals surface area (Å²) < 4.78 is 10.6. The van der Waals surface area contributed by atoms with Crippen LogP contribution in [0.15, 0.2) is 15.4 Å². The number of nitrogens with zero attached hydrogens (tertiary/aromatic N) is 3. The molecule has 24 heavy (non-hydrogen) atoms. The highest BCUT2D eigenvalue weighted by Gasteiger charge is 2.31. The molecule has 1 aliphatic rings. The highest BCUT2D eigenvalue weighted by molar-refractivity contribution is 5.92. The van der Waals surface area contributed by atoms with Gasteiger partial charge >= 0.3 is 5.69 Å². The van der Waals surface area contributed by atoms with E-state index in [0.717, 1.165) is 12.8 Å². The van der Waals surface area contributed by atoms with Crippen LogP contribution in [0.1, 0.15) is 46.8 Å². The number of aryl methyl sites for hydroxylation is 2. The number of carbonyl (C=O) groups excluding carboxylic acids is 1. The van der Waals surface area contributed by atoms with Crippen molar-refractivity contribution in [1.29, 1.82) is 0 Å². The maximum absolute atomic E-state index is 12.5. The van der Waals surface area contributed by atoms with Gasteiger partial charge in [0, 0.05) is 18.9 Å².